The molecule has 3 N–H and O–H groups in total. The summed E-state index contributed by atoms with van der Waals surface area (Å²) in [4.78, 5) is 0. The van der Waals surface area contributed by atoms with E-state index in [4.69, 9.17) is 5.73 Å². The van der Waals surface area contributed by atoms with Crippen molar-refractivity contribution >= 4 is 0 Å². The van der Waals surface area contributed by atoms with Crippen molar-refractivity contribution in [2.24, 2.45) is 11.7 Å². The highest BCUT2D eigenvalue weighted by Crippen LogP contribution is 2.33. The summed E-state index contributed by atoms with van der Waals surface area (Å²) in [7, 11) is 0. The Morgan fingerprint density at radius 3 is 2.64 bits per heavy atom. The van der Waals surface area contributed by atoms with E-state index in [1.165, 1.54) is 0 Å². The van der Waals surface area contributed by atoms with Gasteiger partial charge in [-0.1, -0.05) is 13.8 Å². The maximum atomic E-state index is 10.0. The van der Waals surface area contributed by atoms with Crippen molar-refractivity contribution in [2.45, 2.75) is 51.2 Å². The molecule has 0 saturated heterocycles. The van der Waals surface area contributed by atoms with Crippen LogP contribution in [0.4, 0.5) is 0 Å². The SMILES string of the molecule is CC(C)C[C@]1(O)CCC[C@@H]1N. The largest absolute Gasteiger partial charge is 0.388 e. The van der Waals surface area contributed by atoms with Crippen molar-refractivity contribution in [3.05, 3.63) is 0 Å². The molecule has 0 aromatic heterocycles. The van der Waals surface area contributed by atoms with Crippen molar-refractivity contribution in [1.29, 1.82) is 0 Å². The summed E-state index contributed by atoms with van der Waals surface area (Å²) >= 11 is 0. The monoisotopic (exact) mass is 157 g/mol. The molecule has 1 rings (SSSR count). The molecule has 0 amide bonds. The Kier molecular flexibility index (Phi) is 2.55. The lowest BCUT2D eigenvalue weighted by Gasteiger charge is -2.29. The summed E-state index contributed by atoms with van der Waals surface area (Å²) in [5, 5.41) is 10.0. The third-order valence-electron chi connectivity index (χ3n) is 2.58. The van der Waals surface area contributed by atoms with Gasteiger partial charge in [0.2, 0.25) is 0 Å². The molecule has 1 saturated carbocycles. The van der Waals surface area contributed by atoms with E-state index in [0.717, 1.165) is 25.7 Å². The van der Waals surface area contributed by atoms with Gasteiger partial charge in [-0.15, -0.1) is 0 Å². The molecule has 0 spiro atoms. The average molecular weight is 157 g/mol. The number of hydrogen-bond donors (Lipinski definition) is 2. The molecule has 1 aliphatic rings. The molecule has 0 aromatic rings. The smallest absolute Gasteiger partial charge is 0.0800 e. The first-order valence-electron chi connectivity index (χ1n) is 4.52. The molecule has 0 bridgehead atoms. The highest BCUT2D eigenvalue weighted by molar-refractivity contribution is 4.95. The molecule has 0 unspecified atom stereocenters. The normalized spacial score (nSPS) is 38.5. The average Bonchev–Trinajstić information content (AvgIpc) is 2.11. The van der Waals surface area contributed by atoms with E-state index in [-0.39, 0.29) is 6.04 Å². The number of hydrogen-bond acceptors (Lipinski definition) is 2. The maximum Gasteiger partial charge on any atom is 0.0800 e. The summed E-state index contributed by atoms with van der Waals surface area (Å²) < 4.78 is 0. The van der Waals surface area contributed by atoms with Crippen LogP contribution >= 0.6 is 0 Å². The summed E-state index contributed by atoms with van der Waals surface area (Å²) in [6.45, 7) is 4.26. The second-order valence-corrected chi connectivity index (χ2v) is 4.20. The minimum atomic E-state index is -0.547. The molecule has 2 atom stereocenters. The van der Waals surface area contributed by atoms with Crippen molar-refractivity contribution in [1.82, 2.24) is 0 Å². The van der Waals surface area contributed by atoms with Crippen molar-refractivity contribution < 1.29 is 5.11 Å². The first kappa shape index (κ1) is 9.01. The Hall–Kier alpha value is -0.0800. The fourth-order valence-electron chi connectivity index (χ4n) is 2.04. The van der Waals surface area contributed by atoms with Crippen LogP contribution < -0.4 is 5.73 Å². The van der Waals surface area contributed by atoms with Crippen LogP contribution in [0.3, 0.4) is 0 Å². The van der Waals surface area contributed by atoms with E-state index in [1.807, 2.05) is 0 Å². The molecular formula is C9H19NO. The summed E-state index contributed by atoms with van der Waals surface area (Å²) in [6, 6.07) is 0.0184. The van der Waals surface area contributed by atoms with Gasteiger partial charge in [-0.3, -0.25) is 0 Å². The van der Waals surface area contributed by atoms with Crippen LogP contribution in [0.1, 0.15) is 39.5 Å². The van der Waals surface area contributed by atoms with E-state index in [0.29, 0.717) is 5.92 Å². The second-order valence-electron chi connectivity index (χ2n) is 4.20. The lowest BCUT2D eigenvalue weighted by atomic mass is 9.88. The Bertz CT molecular complexity index is 136. The molecule has 1 fully saturated rings. The topological polar surface area (TPSA) is 46.2 Å². The maximum absolute atomic E-state index is 10.0. The summed E-state index contributed by atoms with van der Waals surface area (Å²) in [5.41, 5.74) is 5.26. The quantitative estimate of drug-likeness (QED) is 0.634. The minimum absolute atomic E-state index is 0.0184. The Labute approximate surface area is 68.8 Å². The fraction of sp³-hybridized carbons (Fsp3) is 1.00. The molecule has 2 nitrogen and oxygen atoms in total. The van der Waals surface area contributed by atoms with Gasteiger partial charge in [0, 0.05) is 6.04 Å². The predicted octanol–water partition coefficient (Wildman–Crippen LogP) is 1.27. The van der Waals surface area contributed by atoms with Crippen molar-refractivity contribution in [2.75, 3.05) is 0 Å². The third kappa shape index (κ3) is 1.94. The van der Waals surface area contributed by atoms with Gasteiger partial charge in [-0.05, 0) is 31.6 Å². The van der Waals surface area contributed by atoms with Gasteiger partial charge in [0.15, 0.2) is 0 Å². The van der Waals surface area contributed by atoms with E-state index >= 15 is 0 Å². The van der Waals surface area contributed by atoms with Crippen LogP contribution in [-0.4, -0.2) is 16.7 Å². The van der Waals surface area contributed by atoms with Crippen LogP contribution in [0.25, 0.3) is 0 Å². The van der Waals surface area contributed by atoms with Crippen LogP contribution in [0.2, 0.25) is 0 Å². The van der Waals surface area contributed by atoms with Gasteiger partial charge in [0.25, 0.3) is 0 Å². The minimum Gasteiger partial charge on any atom is -0.388 e. The number of nitrogens with two attached hydrogens (primary N) is 1. The highest BCUT2D eigenvalue weighted by atomic mass is 16.3. The number of aliphatic hydroxyl groups is 1. The first-order valence-corrected chi connectivity index (χ1v) is 4.52. The fourth-order valence-corrected chi connectivity index (χ4v) is 2.04. The molecule has 0 aliphatic heterocycles. The Morgan fingerprint density at radius 2 is 2.27 bits per heavy atom. The molecule has 0 radical (unpaired) electrons. The van der Waals surface area contributed by atoms with Crippen LogP contribution in [0.15, 0.2) is 0 Å². The van der Waals surface area contributed by atoms with Gasteiger partial charge in [-0.25, -0.2) is 0 Å². The predicted molar refractivity (Wildman–Crippen MR) is 46.2 cm³/mol. The van der Waals surface area contributed by atoms with E-state index in [9.17, 15) is 5.11 Å². The lowest BCUT2D eigenvalue weighted by Crippen LogP contribution is -2.44. The Morgan fingerprint density at radius 1 is 1.64 bits per heavy atom. The van der Waals surface area contributed by atoms with Crippen LogP contribution in [-0.2, 0) is 0 Å². The van der Waals surface area contributed by atoms with Gasteiger partial charge in [0.05, 0.1) is 5.60 Å². The zero-order chi connectivity index (χ0) is 8.48. The van der Waals surface area contributed by atoms with Gasteiger partial charge >= 0.3 is 0 Å². The summed E-state index contributed by atoms with van der Waals surface area (Å²) in [5.74, 6) is 0.546. The van der Waals surface area contributed by atoms with E-state index < -0.39 is 5.60 Å². The van der Waals surface area contributed by atoms with Gasteiger partial charge in [-0.2, -0.15) is 0 Å². The third-order valence-corrected chi connectivity index (χ3v) is 2.58. The standard InChI is InChI=1S/C9H19NO/c1-7(2)6-9(11)5-3-4-8(9)10/h7-8,11H,3-6,10H2,1-2H3/t8-,9+/m0/s1. The van der Waals surface area contributed by atoms with E-state index in [1.54, 1.807) is 0 Å². The van der Waals surface area contributed by atoms with Gasteiger partial charge < -0.3 is 10.8 Å². The zero-order valence-corrected chi connectivity index (χ0v) is 7.51. The molecule has 1 aliphatic carbocycles. The number of rotatable bonds is 2. The molecule has 0 aromatic carbocycles. The zero-order valence-electron chi connectivity index (χ0n) is 7.51. The highest BCUT2D eigenvalue weighted by Gasteiger charge is 2.38. The molecule has 0 heterocycles. The van der Waals surface area contributed by atoms with E-state index in [2.05, 4.69) is 13.8 Å². The van der Waals surface area contributed by atoms with Crippen LogP contribution in [0.5, 0.6) is 0 Å². The lowest BCUT2D eigenvalue weighted by molar-refractivity contribution is 0.0121. The second kappa shape index (κ2) is 3.11. The first-order chi connectivity index (χ1) is 5.04. The summed E-state index contributed by atoms with van der Waals surface area (Å²) in [6.07, 6.45) is 3.83. The van der Waals surface area contributed by atoms with Crippen LogP contribution in [0, 0.1) is 5.92 Å². The molecule has 11 heavy (non-hydrogen) atoms. The van der Waals surface area contributed by atoms with Crippen molar-refractivity contribution in [3.63, 3.8) is 0 Å². The molecule has 66 valence electrons. The molecule has 2 heteroatoms. The Balaban J connectivity index is 2.51. The van der Waals surface area contributed by atoms with Crippen molar-refractivity contribution in [3.8, 4) is 0 Å². The molecular weight excluding hydrogens is 138 g/mol. The van der Waals surface area contributed by atoms with Gasteiger partial charge in [0.1, 0.15) is 0 Å².